The Hall–Kier alpha value is -1.58. The van der Waals surface area contributed by atoms with Crippen LogP contribution in [0.25, 0.3) is 30.9 Å². The molecule has 0 bridgehead atoms. The lowest BCUT2D eigenvalue weighted by molar-refractivity contribution is 0.524. The molecule has 0 radical (unpaired) electrons. The smallest absolute Gasteiger partial charge is 0.0607 e. The lowest BCUT2D eigenvalue weighted by Crippen LogP contribution is -1.97. The summed E-state index contributed by atoms with van der Waals surface area (Å²) in [6, 6.07) is 15.8. The fourth-order valence-electron chi connectivity index (χ4n) is 5.40. The molecule has 3 aromatic heterocycles. The van der Waals surface area contributed by atoms with E-state index in [2.05, 4.69) is 59.3 Å². The van der Waals surface area contributed by atoms with E-state index in [9.17, 15) is 0 Å². The number of thiophene rings is 2. The summed E-state index contributed by atoms with van der Waals surface area (Å²) in [5.74, 6) is 0. The van der Waals surface area contributed by atoms with Crippen molar-refractivity contribution < 1.29 is 0 Å². The summed E-state index contributed by atoms with van der Waals surface area (Å²) >= 11 is 3.81. The third-order valence-electron chi connectivity index (χ3n) is 7.44. The minimum Gasteiger partial charge on any atom is -0.340 e. The summed E-state index contributed by atoms with van der Waals surface area (Å²) in [7, 11) is 0. The van der Waals surface area contributed by atoms with Crippen LogP contribution >= 0.6 is 22.7 Å². The fraction of sp³-hybridized carbons (Fsp3) is 0.562. The molecule has 0 unspecified atom stereocenters. The molecule has 0 aliphatic rings. The number of hydrogen-bond acceptors (Lipinski definition) is 2. The van der Waals surface area contributed by atoms with Crippen molar-refractivity contribution in [3.8, 4) is 9.75 Å². The summed E-state index contributed by atoms with van der Waals surface area (Å²) in [5, 5.41) is 3.61. The molecule has 190 valence electrons. The highest BCUT2D eigenvalue weighted by Gasteiger charge is 2.15. The van der Waals surface area contributed by atoms with Gasteiger partial charge in [0.2, 0.25) is 0 Å². The van der Waals surface area contributed by atoms with Crippen LogP contribution < -0.4 is 0 Å². The van der Waals surface area contributed by atoms with E-state index in [-0.39, 0.29) is 0 Å². The van der Waals surface area contributed by atoms with Crippen LogP contribution in [0.3, 0.4) is 0 Å². The Labute approximate surface area is 221 Å². The van der Waals surface area contributed by atoms with Gasteiger partial charge < -0.3 is 4.57 Å². The van der Waals surface area contributed by atoms with Gasteiger partial charge >= 0.3 is 0 Å². The van der Waals surface area contributed by atoms with Crippen molar-refractivity contribution in [2.45, 2.75) is 116 Å². The largest absolute Gasteiger partial charge is 0.340 e. The predicted molar refractivity (Wildman–Crippen MR) is 160 cm³/mol. The molecule has 1 nitrogen and oxygen atoms in total. The molecule has 0 saturated heterocycles. The first kappa shape index (κ1) is 26.5. The minimum absolute atomic E-state index is 1.14. The zero-order chi connectivity index (χ0) is 24.1. The summed E-state index contributed by atoms with van der Waals surface area (Å²) < 4.78 is 4.04. The SMILES string of the molecule is CCCCCCCCCCCCCCCCCCn1c2ccccc2c2sc(-c3cccs3)cc21. The standard InChI is InChI=1S/C32H45NS2/c1-2-3-4-5-6-7-8-9-10-11-12-13-14-15-16-19-24-33-28-22-18-17-21-27(28)32-29(33)26-31(35-32)30-23-20-25-34-30/h17-18,20-23,25-26H,2-16,19,24H2,1H3. The van der Waals surface area contributed by atoms with Crippen molar-refractivity contribution in [1.82, 2.24) is 4.57 Å². The Kier molecular flexibility index (Phi) is 11.2. The maximum atomic E-state index is 2.59. The number of aryl methyl sites for hydroxylation is 1. The van der Waals surface area contributed by atoms with Gasteiger partial charge in [-0.15, -0.1) is 22.7 Å². The number of fused-ring (bicyclic) bond motifs is 3. The molecule has 1 aromatic carbocycles. The van der Waals surface area contributed by atoms with E-state index >= 15 is 0 Å². The molecule has 4 rings (SSSR count). The zero-order valence-electron chi connectivity index (χ0n) is 21.9. The normalized spacial score (nSPS) is 11.8. The van der Waals surface area contributed by atoms with E-state index < -0.39 is 0 Å². The van der Waals surface area contributed by atoms with E-state index in [1.54, 1.807) is 0 Å². The quantitative estimate of drug-likeness (QED) is 0.118. The van der Waals surface area contributed by atoms with Crippen molar-refractivity contribution in [2.24, 2.45) is 0 Å². The Balaban J connectivity index is 1.12. The Morgan fingerprint density at radius 1 is 0.600 bits per heavy atom. The van der Waals surface area contributed by atoms with Crippen LogP contribution in [0, 0.1) is 0 Å². The number of unbranched alkanes of at least 4 members (excludes halogenated alkanes) is 15. The van der Waals surface area contributed by atoms with Gasteiger partial charge in [0, 0.05) is 27.2 Å². The predicted octanol–water partition coefficient (Wildman–Crippen LogP) is 11.8. The van der Waals surface area contributed by atoms with E-state index in [1.165, 1.54) is 134 Å². The molecule has 3 heteroatoms. The van der Waals surface area contributed by atoms with Crippen LogP contribution in [0.15, 0.2) is 47.8 Å². The Bertz CT molecular complexity index is 1100. The fourth-order valence-corrected chi connectivity index (χ4v) is 7.43. The van der Waals surface area contributed by atoms with Gasteiger partial charge in [0.1, 0.15) is 0 Å². The van der Waals surface area contributed by atoms with Gasteiger partial charge in [-0.25, -0.2) is 0 Å². The topological polar surface area (TPSA) is 4.93 Å². The molecule has 0 saturated carbocycles. The highest BCUT2D eigenvalue weighted by Crippen LogP contribution is 2.41. The molecule has 0 N–H and O–H groups in total. The van der Waals surface area contributed by atoms with Crippen molar-refractivity contribution in [3.63, 3.8) is 0 Å². The first-order valence-electron chi connectivity index (χ1n) is 14.4. The van der Waals surface area contributed by atoms with E-state index in [0.29, 0.717) is 0 Å². The molecule has 35 heavy (non-hydrogen) atoms. The van der Waals surface area contributed by atoms with Crippen LogP contribution in [0.1, 0.15) is 110 Å². The van der Waals surface area contributed by atoms with Crippen molar-refractivity contribution in [1.29, 1.82) is 0 Å². The summed E-state index contributed by atoms with van der Waals surface area (Å²) in [5.41, 5.74) is 2.84. The lowest BCUT2D eigenvalue weighted by Gasteiger charge is -2.07. The number of benzene rings is 1. The van der Waals surface area contributed by atoms with Gasteiger partial charge in [-0.2, -0.15) is 0 Å². The second-order valence-electron chi connectivity index (χ2n) is 10.3. The van der Waals surface area contributed by atoms with Crippen LogP contribution in [0.2, 0.25) is 0 Å². The van der Waals surface area contributed by atoms with E-state index in [0.717, 1.165) is 6.54 Å². The van der Waals surface area contributed by atoms with Gasteiger partial charge in [-0.1, -0.05) is 128 Å². The Morgan fingerprint density at radius 2 is 1.20 bits per heavy atom. The summed E-state index contributed by atoms with van der Waals surface area (Å²) in [4.78, 5) is 2.81. The average Bonchev–Trinajstić information content (AvgIpc) is 3.61. The molecular formula is C32H45NS2. The molecule has 0 amide bonds. The van der Waals surface area contributed by atoms with Crippen LogP contribution in [-0.2, 0) is 6.54 Å². The highest BCUT2D eigenvalue weighted by molar-refractivity contribution is 7.26. The van der Waals surface area contributed by atoms with Gasteiger partial charge in [-0.05, 0) is 30.0 Å². The first-order valence-corrected chi connectivity index (χ1v) is 16.1. The third kappa shape index (κ3) is 7.70. The number of para-hydroxylation sites is 1. The lowest BCUT2D eigenvalue weighted by atomic mass is 10.0. The summed E-state index contributed by atoms with van der Waals surface area (Å²) in [6.07, 6.45) is 22.8. The second-order valence-corrected chi connectivity index (χ2v) is 12.3. The maximum absolute atomic E-state index is 2.59. The summed E-state index contributed by atoms with van der Waals surface area (Å²) in [6.45, 7) is 3.44. The van der Waals surface area contributed by atoms with E-state index in [4.69, 9.17) is 0 Å². The van der Waals surface area contributed by atoms with Crippen LogP contribution in [0.4, 0.5) is 0 Å². The molecule has 0 fully saturated rings. The second kappa shape index (κ2) is 14.9. The average molecular weight is 508 g/mol. The number of nitrogens with zero attached hydrogens (tertiary/aromatic N) is 1. The molecule has 0 atom stereocenters. The van der Waals surface area contributed by atoms with Gasteiger partial charge in [-0.3, -0.25) is 0 Å². The van der Waals surface area contributed by atoms with Gasteiger partial charge in [0.15, 0.2) is 0 Å². The Morgan fingerprint density at radius 3 is 1.80 bits per heavy atom. The zero-order valence-corrected chi connectivity index (χ0v) is 23.5. The van der Waals surface area contributed by atoms with Crippen LogP contribution in [-0.4, -0.2) is 4.57 Å². The van der Waals surface area contributed by atoms with Crippen molar-refractivity contribution >= 4 is 43.8 Å². The monoisotopic (exact) mass is 507 g/mol. The molecule has 3 heterocycles. The first-order chi connectivity index (χ1) is 17.4. The maximum Gasteiger partial charge on any atom is 0.0607 e. The van der Waals surface area contributed by atoms with Crippen molar-refractivity contribution in [2.75, 3.05) is 0 Å². The van der Waals surface area contributed by atoms with Gasteiger partial charge in [0.25, 0.3) is 0 Å². The number of hydrogen-bond donors (Lipinski definition) is 0. The molecular weight excluding hydrogens is 462 g/mol. The molecule has 0 aliphatic heterocycles. The molecule has 4 aromatic rings. The molecule has 0 spiro atoms. The number of rotatable bonds is 18. The minimum atomic E-state index is 1.14. The van der Waals surface area contributed by atoms with Crippen LogP contribution in [0.5, 0.6) is 0 Å². The number of aromatic nitrogens is 1. The molecule has 0 aliphatic carbocycles. The van der Waals surface area contributed by atoms with E-state index in [1.807, 2.05) is 22.7 Å². The van der Waals surface area contributed by atoms with Crippen molar-refractivity contribution in [3.05, 3.63) is 47.8 Å². The van der Waals surface area contributed by atoms with Gasteiger partial charge in [0.05, 0.1) is 10.2 Å². The third-order valence-corrected chi connectivity index (χ3v) is 9.67. The highest BCUT2D eigenvalue weighted by atomic mass is 32.1.